The molecule has 0 saturated carbocycles. The summed E-state index contributed by atoms with van der Waals surface area (Å²) in [5, 5.41) is 0. The van der Waals surface area contributed by atoms with Crippen molar-refractivity contribution in [1.29, 1.82) is 0 Å². The molecule has 1 aromatic rings. The summed E-state index contributed by atoms with van der Waals surface area (Å²) in [6.45, 7) is 0.763. The number of hydrogen-bond acceptors (Lipinski definition) is 4. The molecule has 0 aliphatic rings. The smallest absolute Gasteiger partial charge is 0.293 e. The van der Waals surface area contributed by atoms with Gasteiger partial charge in [0.05, 0.1) is 0 Å². The van der Waals surface area contributed by atoms with Gasteiger partial charge in [0.2, 0.25) is 0 Å². The van der Waals surface area contributed by atoms with E-state index in [4.69, 9.17) is 1.37 Å². The Hall–Kier alpha value is -0.610. The molecule has 0 bridgehead atoms. The van der Waals surface area contributed by atoms with E-state index in [0.717, 1.165) is 10.5 Å². The molecule has 0 aromatic heterocycles. The van der Waals surface area contributed by atoms with Gasteiger partial charge in [0.25, 0.3) is 6.47 Å². The second-order valence-corrected chi connectivity index (χ2v) is 4.33. The highest BCUT2D eigenvalue weighted by Crippen LogP contribution is 2.28. The van der Waals surface area contributed by atoms with Crippen LogP contribution in [0.5, 0.6) is 0 Å². The second-order valence-electron chi connectivity index (χ2n) is 2.25. The molecule has 0 spiro atoms. The largest absolute Gasteiger partial charge is 0.463 e. The minimum atomic E-state index is 0.319. The predicted octanol–water partition coefficient (Wildman–Crippen LogP) is 2.73. The number of hydrogen-bond donors (Lipinski definition) is 0. The summed E-state index contributed by atoms with van der Waals surface area (Å²) >= 11 is 0. The maximum Gasteiger partial charge on any atom is 0.293 e. The molecular formula is C9H10O2S2. The van der Waals surface area contributed by atoms with E-state index in [1.54, 1.807) is 10.8 Å². The highest BCUT2D eigenvalue weighted by molar-refractivity contribution is 8.76. The summed E-state index contributed by atoms with van der Waals surface area (Å²) in [4.78, 5) is 11.0. The van der Waals surface area contributed by atoms with E-state index < -0.39 is 0 Å². The maximum atomic E-state index is 9.94. The van der Waals surface area contributed by atoms with Gasteiger partial charge < -0.3 is 4.74 Å². The van der Waals surface area contributed by atoms with Crippen LogP contribution < -0.4 is 0 Å². The van der Waals surface area contributed by atoms with Crippen LogP contribution in [-0.4, -0.2) is 12.7 Å². The van der Waals surface area contributed by atoms with E-state index >= 15 is 0 Å². The minimum absolute atomic E-state index is 0.319. The summed E-state index contributed by atoms with van der Waals surface area (Å²) < 4.78 is 11.6. The number of carbonyl (C=O) groups excluding carboxylic acids is 1. The minimum Gasteiger partial charge on any atom is -0.463 e. The Kier molecular flexibility index (Phi) is 4.09. The van der Waals surface area contributed by atoms with Crippen LogP contribution in [0.1, 0.15) is 6.93 Å². The molecule has 1 aromatic carbocycles. The molecule has 0 N–H and O–H groups in total. The Balaban J connectivity index is 2.46. The van der Waals surface area contributed by atoms with Crippen LogP contribution in [0.4, 0.5) is 0 Å². The van der Waals surface area contributed by atoms with E-state index in [2.05, 4.69) is 4.74 Å². The predicted molar refractivity (Wildman–Crippen MR) is 56.7 cm³/mol. The third-order valence-electron chi connectivity index (χ3n) is 1.40. The van der Waals surface area contributed by atoms with E-state index in [1.807, 2.05) is 24.3 Å². The molecule has 13 heavy (non-hydrogen) atoms. The van der Waals surface area contributed by atoms with E-state index in [0.29, 0.717) is 19.3 Å². The average Bonchev–Trinajstić information content (AvgIpc) is 2.25. The molecule has 2 nitrogen and oxygen atoms in total. The van der Waals surface area contributed by atoms with Gasteiger partial charge in [-0.05, 0) is 23.9 Å². The zero-order valence-electron chi connectivity index (χ0n) is 7.93. The standard InChI is InChI=1S/C9H10O2S2/c1-12-13-9-4-2-8(3-5-9)6-11-7-10/h2-5,7H,6H2,1H3/i1D. The highest BCUT2D eigenvalue weighted by atomic mass is 33.1. The lowest BCUT2D eigenvalue weighted by atomic mass is 10.2. The summed E-state index contributed by atoms with van der Waals surface area (Å²) in [5.41, 5.74) is 0.970. The Morgan fingerprint density at radius 3 is 2.92 bits per heavy atom. The van der Waals surface area contributed by atoms with Crippen molar-refractivity contribution in [3.8, 4) is 0 Å². The van der Waals surface area contributed by atoms with Gasteiger partial charge in [-0.1, -0.05) is 33.7 Å². The first-order valence-corrected chi connectivity index (χ1v) is 5.91. The molecule has 0 saturated heterocycles. The van der Waals surface area contributed by atoms with Gasteiger partial charge in [-0.2, -0.15) is 0 Å². The third kappa shape index (κ3) is 3.74. The maximum absolute atomic E-state index is 9.94. The summed E-state index contributed by atoms with van der Waals surface area (Å²) in [6, 6.07) is 7.74. The molecule has 0 aliphatic heterocycles. The SMILES string of the molecule is [2H]CSSc1ccc(COC=O)cc1. The number of carbonyl (C=O) groups is 1. The van der Waals surface area contributed by atoms with E-state index in [1.165, 1.54) is 10.8 Å². The van der Waals surface area contributed by atoms with E-state index in [9.17, 15) is 4.79 Å². The average molecular weight is 215 g/mol. The lowest BCUT2D eigenvalue weighted by Crippen LogP contribution is -1.88. The fourth-order valence-electron chi connectivity index (χ4n) is 0.840. The summed E-state index contributed by atoms with van der Waals surface area (Å²) in [6.07, 6.45) is 0.348. The van der Waals surface area contributed by atoms with Crippen molar-refractivity contribution < 1.29 is 10.9 Å². The van der Waals surface area contributed by atoms with Crippen molar-refractivity contribution in [1.82, 2.24) is 0 Å². The first kappa shape index (κ1) is 8.97. The Morgan fingerprint density at radius 1 is 1.54 bits per heavy atom. The van der Waals surface area contributed by atoms with Crippen molar-refractivity contribution in [2.24, 2.45) is 0 Å². The van der Waals surface area contributed by atoms with Crippen LogP contribution in [0.2, 0.25) is 0 Å². The second kappa shape index (κ2) is 5.94. The van der Waals surface area contributed by atoms with Gasteiger partial charge in [0.1, 0.15) is 6.61 Å². The van der Waals surface area contributed by atoms with Crippen LogP contribution in [-0.2, 0) is 16.1 Å². The van der Waals surface area contributed by atoms with Crippen LogP contribution >= 0.6 is 21.6 Å². The molecule has 70 valence electrons. The molecule has 4 heteroatoms. The van der Waals surface area contributed by atoms with Crippen LogP contribution in [0.25, 0.3) is 0 Å². The third-order valence-corrected chi connectivity index (χ3v) is 2.91. The zero-order valence-corrected chi connectivity index (χ0v) is 8.57. The Morgan fingerprint density at radius 2 is 2.31 bits per heavy atom. The highest BCUT2D eigenvalue weighted by Gasteiger charge is 1.94. The lowest BCUT2D eigenvalue weighted by Gasteiger charge is -2.00. The van der Waals surface area contributed by atoms with Crippen LogP contribution in [0, 0.1) is 0 Å². The molecular weight excluding hydrogens is 204 g/mol. The lowest BCUT2D eigenvalue weighted by molar-refractivity contribution is -0.129. The summed E-state index contributed by atoms with van der Waals surface area (Å²) in [5.74, 6) is 0. The van der Waals surface area contributed by atoms with Crippen molar-refractivity contribution in [3.05, 3.63) is 29.8 Å². The Labute approximate surface area is 86.9 Å². The zero-order chi connectivity index (χ0) is 10.2. The molecule has 0 amide bonds. The normalized spacial score (nSPS) is 10.6. The van der Waals surface area contributed by atoms with Gasteiger partial charge in [-0.25, -0.2) is 0 Å². The van der Waals surface area contributed by atoms with Gasteiger partial charge >= 0.3 is 0 Å². The molecule has 0 atom stereocenters. The Bertz CT molecular complexity index is 277. The molecule has 0 fully saturated rings. The first-order chi connectivity index (χ1) is 6.86. The molecule has 0 radical (unpaired) electrons. The fraction of sp³-hybridized carbons (Fsp3) is 0.222. The fourth-order valence-corrected chi connectivity index (χ4v) is 1.96. The van der Waals surface area contributed by atoms with Gasteiger partial charge in [0, 0.05) is 6.27 Å². The number of benzene rings is 1. The van der Waals surface area contributed by atoms with Crippen molar-refractivity contribution >= 4 is 28.1 Å². The van der Waals surface area contributed by atoms with Gasteiger partial charge in [-0.3, -0.25) is 4.79 Å². The van der Waals surface area contributed by atoms with E-state index in [-0.39, 0.29) is 0 Å². The summed E-state index contributed by atoms with van der Waals surface area (Å²) in [7, 11) is 3.05. The van der Waals surface area contributed by atoms with Gasteiger partial charge in [0.15, 0.2) is 0 Å². The topological polar surface area (TPSA) is 26.3 Å². The first-order valence-electron chi connectivity index (χ1n) is 4.30. The molecule has 0 aliphatic carbocycles. The quantitative estimate of drug-likeness (QED) is 0.557. The molecule has 0 heterocycles. The van der Waals surface area contributed by atoms with Crippen molar-refractivity contribution in [2.75, 3.05) is 6.23 Å². The van der Waals surface area contributed by atoms with Crippen molar-refractivity contribution in [3.63, 3.8) is 0 Å². The van der Waals surface area contributed by atoms with Crippen molar-refractivity contribution in [2.45, 2.75) is 11.5 Å². The number of rotatable bonds is 5. The molecule has 1 rings (SSSR count). The van der Waals surface area contributed by atoms with Gasteiger partial charge in [-0.15, -0.1) is 0 Å². The number of ether oxygens (including phenoxy) is 1. The monoisotopic (exact) mass is 215 g/mol. The van der Waals surface area contributed by atoms with Crippen LogP contribution in [0.15, 0.2) is 29.2 Å². The van der Waals surface area contributed by atoms with Crippen LogP contribution in [0.3, 0.4) is 0 Å². The molecule has 0 unspecified atom stereocenters.